The summed E-state index contributed by atoms with van der Waals surface area (Å²) in [7, 11) is 0. The van der Waals surface area contributed by atoms with Gasteiger partial charge in [0.25, 0.3) is 0 Å². The summed E-state index contributed by atoms with van der Waals surface area (Å²) in [5.41, 5.74) is 0. The van der Waals surface area contributed by atoms with Gasteiger partial charge in [-0.25, -0.2) is 0 Å². The van der Waals surface area contributed by atoms with Crippen molar-refractivity contribution in [2.75, 3.05) is 6.61 Å². The van der Waals surface area contributed by atoms with Crippen molar-refractivity contribution in [2.24, 2.45) is 0 Å². The van der Waals surface area contributed by atoms with Gasteiger partial charge < -0.3 is 9.84 Å². The van der Waals surface area contributed by atoms with E-state index < -0.39 is 6.10 Å². The summed E-state index contributed by atoms with van der Waals surface area (Å²) in [5.74, 6) is 0. The lowest BCUT2D eigenvalue weighted by atomic mass is 10.2. The fourth-order valence-electron chi connectivity index (χ4n) is 0.866. The molecular weight excluding hydrogens is 140 g/mol. The molecule has 2 nitrogen and oxygen atoms in total. The number of aliphatic hydroxyl groups excluding tert-OH is 1. The van der Waals surface area contributed by atoms with Gasteiger partial charge in [-0.2, -0.15) is 0 Å². The van der Waals surface area contributed by atoms with Crippen molar-refractivity contribution < 1.29 is 9.84 Å². The molecule has 0 saturated heterocycles. The van der Waals surface area contributed by atoms with Crippen LogP contribution in [0.2, 0.25) is 0 Å². The average molecular weight is 159 g/mol. The molecule has 0 aromatic rings. The smallest absolute Gasteiger partial charge is 0.125 e. The number of hydrogen-bond acceptors (Lipinski definition) is 2. The lowest BCUT2D eigenvalue weighted by Gasteiger charge is -2.16. The molecule has 0 heterocycles. The molecule has 0 aliphatic heterocycles. The van der Waals surface area contributed by atoms with E-state index in [0.717, 1.165) is 32.0 Å². The Balaban J connectivity index is 3.36. The van der Waals surface area contributed by atoms with Crippen LogP contribution >= 0.6 is 0 Å². The van der Waals surface area contributed by atoms with E-state index in [9.17, 15) is 0 Å². The highest BCUT2D eigenvalue weighted by molar-refractivity contribution is 4.82. The van der Waals surface area contributed by atoms with Crippen molar-refractivity contribution in [1.29, 1.82) is 0 Å². The predicted octanol–water partition coefficient (Wildman–Crippen LogP) is 2.13. The Kier molecular flexibility index (Phi) is 6.57. The maximum Gasteiger partial charge on any atom is 0.125 e. The Morgan fingerprint density at radius 2 is 2.09 bits per heavy atom. The molecule has 0 aromatic carbocycles. The molecule has 0 bridgehead atoms. The first-order valence-corrected chi connectivity index (χ1v) is 4.38. The zero-order chi connectivity index (χ0) is 8.69. The van der Waals surface area contributed by atoms with Crippen LogP contribution < -0.4 is 0 Å². The van der Waals surface area contributed by atoms with Crippen LogP contribution in [0.25, 0.3) is 0 Å². The van der Waals surface area contributed by atoms with Gasteiger partial charge in [-0.3, -0.25) is 0 Å². The highest BCUT2D eigenvalue weighted by Crippen LogP contribution is 2.13. The summed E-state index contributed by atoms with van der Waals surface area (Å²) in [5, 5.41) is 9.15. The van der Waals surface area contributed by atoms with Crippen molar-refractivity contribution >= 4 is 0 Å². The predicted molar refractivity (Wildman–Crippen MR) is 46.1 cm³/mol. The third-order valence-corrected chi connectivity index (χ3v) is 1.60. The van der Waals surface area contributed by atoms with Crippen LogP contribution in [-0.4, -0.2) is 17.8 Å². The first kappa shape index (κ1) is 10.9. The maximum atomic E-state index is 9.15. The SMILES string of the molecule is CCCCO[C](CC)C(C)O. The molecule has 1 N–H and O–H groups in total. The third-order valence-electron chi connectivity index (χ3n) is 1.60. The van der Waals surface area contributed by atoms with Gasteiger partial charge in [0.1, 0.15) is 6.10 Å². The van der Waals surface area contributed by atoms with Gasteiger partial charge in [-0.15, -0.1) is 0 Å². The fourth-order valence-corrected chi connectivity index (χ4v) is 0.866. The van der Waals surface area contributed by atoms with Crippen LogP contribution in [0.5, 0.6) is 0 Å². The van der Waals surface area contributed by atoms with E-state index in [2.05, 4.69) is 6.92 Å². The van der Waals surface area contributed by atoms with Crippen molar-refractivity contribution in [3.63, 3.8) is 0 Å². The number of unbranched alkanes of at least 4 members (excludes halogenated alkanes) is 1. The molecule has 1 atom stereocenters. The minimum Gasteiger partial charge on any atom is -0.390 e. The molecular formula is C9H19O2. The second-order valence-corrected chi connectivity index (χ2v) is 2.70. The number of rotatable bonds is 6. The van der Waals surface area contributed by atoms with Gasteiger partial charge in [-0.1, -0.05) is 20.3 Å². The highest BCUT2D eigenvalue weighted by Gasteiger charge is 2.13. The lowest BCUT2D eigenvalue weighted by molar-refractivity contribution is 0.0454. The Bertz CT molecular complexity index is 81.6. The van der Waals surface area contributed by atoms with Gasteiger partial charge in [-0.05, 0) is 19.8 Å². The minimum absolute atomic E-state index is 0.420. The first-order chi connectivity index (χ1) is 5.22. The van der Waals surface area contributed by atoms with Crippen LogP contribution in [0, 0.1) is 6.10 Å². The quantitative estimate of drug-likeness (QED) is 0.601. The van der Waals surface area contributed by atoms with Crippen LogP contribution in [-0.2, 0) is 4.74 Å². The van der Waals surface area contributed by atoms with Crippen molar-refractivity contribution in [2.45, 2.75) is 46.1 Å². The summed E-state index contributed by atoms with van der Waals surface area (Å²) in [6.45, 7) is 6.60. The van der Waals surface area contributed by atoms with Crippen molar-refractivity contribution in [3.05, 3.63) is 6.10 Å². The van der Waals surface area contributed by atoms with E-state index in [-0.39, 0.29) is 0 Å². The Morgan fingerprint density at radius 3 is 2.45 bits per heavy atom. The number of aliphatic hydroxyl groups is 1. The molecule has 1 radical (unpaired) electrons. The second kappa shape index (κ2) is 6.62. The Labute approximate surface area is 69.6 Å². The van der Waals surface area contributed by atoms with Crippen LogP contribution in [0.4, 0.5) is 0 Å². The van der Waals surface area contributed by atoms with E-state index in [4.69, 9.17) is 9.84 Å². The monoisotopic (exact) mass is 159 g/mol. The molecule has 11 heavy (non-hydrogen) atoms. The Morgan fingerprint density at radius 1 is 1.45 bits per heavy atom. The van der Waals surface area contributed by atoms with Crippen LogP contribution in [0.15, 0.2) is 0 Å². The van der Waals surface area contributed by atoms with Crippen molar-refractivity contribution in [1.82, 2.24) is 0 Å². The lowest BCUT2D eigenvalue weighted by Crippen LogP contribution is -2.17. The molecule has 0 rings (SSSR count). The highest BCUT2D eigenvalue weighted by atomic mass is 16.5. The molecule has 2 heteroatoms. The van der Waals surface area contributed by atoms with Crippen molar-refractivity contribution in [3.8, 4) is 0 Å². The summed E-state index contributed by atoms with van der Waals surface area (Å²) in [6.07, 6.45) is 3.39. The summed E-state index contributed by atoms with van der Waals surface area (Å²) in [4.78, 5) is 0. The summed E-state index contributed by atoms with van der Waals surface area (Å²) >= 11 is 0. The zero-order valence-electron chi connectivity index (χ0n) is 7.76. The van der Waals surface area contributed by atoms with Gasteiger partial charge in [0.15, 0.2) is 0 Å². The average Bonchev–Trinajstić information content (AvgIpc) is 1.97. The van der Waals surface area contributed by atoms with Gasteiger partial charge >= 0.3 is 0 Å². The molecule has 0 spiro atoms. The fraction of sp³-hybridized carbons (Fsp3) is 0.889. The topological polar surface area (TPSA) is 29.5 Å². The standard InChI is InChI=1S/C9H19O2/c1-4-6-7-11-9(5-2)8(3)10/h8,10H,4-7H2,1-3H3. The molecule has 0 aliphatic carbocycles. The van der Waals surface area contributed by atoms with E-state index >= 15 is 0 Å². The molecule has 0 amide bonds. The maximum absolute atomic E-state index is 9.15. The molecule has 0 fully saturated rings. The van der Waals surface area contributed by atoms with E-state index in [1.807, 2.05) is 6.92 Å². The minimum atomic E-state index is -0.420. The second-order valence-electron chi connectivity index (χ2n) is 2.70. The van der Waals surface area contributed by atoms with E-state index in [0.29, 0.717) is 0 Å². The molecule has 0 aliphatic rings. The first-order valence-electron chi connectivity index (χ1n) is 4.38. The molecule has 1 unspecified atom stereocenters. The number of hydrogen-bond donors (Lipinski definition) is 1. The van der Waals surface area contributed by atoms with Crippen LogP contribution in [0.3, 0.4) is 0 Å². The van der Waals surface area contributed by atoms with Gasteiger partial charge in [0.2, 0.25) is 0 Å². The third kappa shape index (κ3) is 5.22. The normalized spacial score (nSPS) is 13.9. The van der Waals surface area contributed by atoms with E-state index in [1.54, 1.807) is 6.92 Å². The molecule has 67 valence electrons. The molecule has 0 saturated carbocycles. The van der Waals surface area contributed by atoms with Crippen LogP contribution in [0.1, 0.15) is 40.0 Å². The van der Waals surface area contributed by atoms with Gasteiger partial charge in [0, 0.05) is 6.61 Å². The van der Waals surface area contributed by atoms with E-state index in [1.165, 1.54) is 0 Å². The largest absolute Gasteiger partial charge is 0.390 e. The summed E-state index contributed by atoms with van der Waals surface area (Å²) in [6, 6.07) is 0. The zero-order valence-corrected chi connectivity index (χ0v) is 7.76. The van der Waals surface area contributed by atoms with Gasteiger partial charge in [0.05, 0.1) is 6.10 Å². The molecule has 0 aromatic heterocycles. The summed E-state index contributed by atoms with van der Waals surface area (Å²) < 4.78 is 5.36. The number of ether oxygens (including phenoxy) is 1. The Hall–Kier alpha value is -0.0800.